The number of halogens is 3. The van der Waals surface area contributed by atoms with E-state index in [1.54, 1.807) is 54.3 Å². The highest BCUT2D eigenvalue weighted by molar-refractivity contribution is 5.96. The van der Waals surface area contributed by atoms with Gasteiger partial charge in [0.25, 0.3) is 11.8 Å². The third-order valence-corrected chi connectivity index (χ3v) is 6.48. The van der Waals surface area contributed by atoms with E-state index in [4.69, 9.17) is 0 Å². The van der Waals surface area contributed by atoms with E-state index in [9.17, 15) is 18.0 Å². The average molecular weight is 485 g/mol. The Morgan fingerprint density at radius 3 is 2.69 bits per heavy atom. The second-order valence-corrected chi connectivity index (χ2v) is 9.48. The zero-order valence-corrected chi connectivity index (χ0v) is 19.6. The molecule has 2 aliphatic rings. The third-order valence-electron chi connectivity index (χ3n) is 6.48. The highest BCUT2D eigenvalue weighted by Gasteiger charge is 2.43. The van der Waals surface area contributed by atoms with Crippen molar-refractivity contribution in [3.63, 3.8) is 0 Å². The molecule has 2 N–H and O–H groups in total. The van der Waals surface area contributed by atoms with Crippen LogP contribution in [0.2, 0.25) is 0 Å². The zero-order valence-electron chi connectivity index (χ0n) is 19.6. The summed E-state index contributed by atoms with van der Waals surface area (Å²) in [6.07, 6.45) is 8.60. The molecule has 2 fully saturated rings. The molecule has 1 unspecified atom stereocenters. The minimum atomic E-state index is -2.86. The molecule has 0 radical (unpaired) electrons. The molecule has 184 valence electrons. The molecule has 3 aromatic rings. The number of nitrogens with one attached hydrogen (secondary N) is 2. The minimum absolute atomic E-state index is 0.00262. The fourth-order valence-electron chi connectivity index (χ4n) is 4.37. The fourth-order valence-corrected chi connectivity index (χ4v) is 4.37. The number of rotatable bonds is 6. The van der Waals surface area contributed by atoms with Crippen molar-refractivity contribution in [1.29, 1.82) is 0 Å². The Hall–Kier alpha value is -3.40. The number of aryl methyl sites for hydroxylation is 1. The van der Waals surface area contributed by atoms with Crippen LogP contribution in [0.4, 0.5) is 18.9 Å². The molecule has 35 heavy (non-hydrogen) atoms. The molecular formula is C25H27F3N6O. The second-order valence-electron chi connectivity index (χ2n) is 9.48. The highest BCUT2D eigenvalue weighted by Crippen LogP contribution is 2.31. The van der Waals surface area contributed by atoms with Crippen LogP contribution >= 0.6 is 0 Å². The van der Waals surface area contributed by atoms with Gasteiger partial charge in [0.1, 0.15) is 5.82 Å². The van der Waals surface area contributed by atoms with Crippen molar-refractivity contribution in [2.45, 2.75) is 44.2 Å². The van der Waals surface area contributed by atoms with Gasteiger partial charge in [-0.25, -0.2) is 17.9 Å². The van der Waals surface area contributed by atoms with Gasteiger partial charge in [-0.2, -0.15) is 5.10 Å². The van der Waals surface area contributed by atoms with Gasteiger partial charge in [-0.1, -0.05) is 0 Å². The third kappa shape index (κ3) is 5.02. The topological polar surface area (TPSA) is 75.1 Å². The molecular weight excluding hydrogens is 457 g/mol. The normalized spacial score (nSPS) is 20.0. The van der Waals surface area contributed by atoms with Crippen molar-refractivity contribution in [1.82, 2.24) is 25.0 Å². The van der Waals surface area contributed by atoms with E-state index in [1.165, 1.54) is 12.3 Å². The van der Waals surface area contributed by atoms with Crippen LogP contribution in [-0.2, 0) is 0 Å². The Morgan fingerprint density at radius 1 is 1.14 bits per heavy atom. The summed E-state index contributed by atoms with van der Waals surface area (Å²) in [6, 6.07) is 3.75. The molecule has 0 bridgehead atoms. The smallest absolute Gasteiger partial charge is 0.280 e. The number of pyridine rings is 1. The highest BCUT2D eigenvalue weighted by atomic mass is 19.3. The monoisotopic (exact) mass is 484 g/mol. The van der Waals surface area contributed by atoms with Gasteiger partial charge in [0.05, 0.1) is 48.1 Å². The van der Waals surface area contributed by atoms with Crippen molar-refractivity contribution >= 4 is 11.6 Å². The predicted molar refractivity (Wildman–Crippen MR) is 126 cm³/mol. The summed E-state index contributed by atoms with van der Waals surface area (Å²) < 4.78 is 45.0. The van der Waals surface area contributed by atoms with Crippen molar-refractivity contribution in [3.05, 3.63) is 59.9 Å². The number of piperidine rings is 1. The van der Waals surface area contributed by atoms with E-state index in [2.05, 4.69) is 20.7 Å². The van der Waals surface area contributed by atoms with E-state index < -0.39 is 23.7 Å². The van der Waals surface area contributed by atoms with E-state index in [-0.39, 0.29) is 18.2 Å². The molecule has 1 aliphatic heterocycles. The molecule has 1 aliphatic carbocycles. The van der Waals surface area contributed by atoms with Crippen LogP contribution in [0.3, 0.4) is 0 Å². The van der Waals surface area contributed by atoms with Crippen LogP contribution in [0.15, 0.2) is 43.0 Å². The molecule has 2 aromatic heterocycles. The largest absolute Gasteiger partial charge is 0.375 e. The molecule has 1 saturated heterocycles. The number of likely N-dealkylation sites (tertiary alicyclic amines) is 1. The first-order chi connectivity index (χ1) is 16.7. The van der Waals surface area contributed by atoms with Crippen LogP contribution < -0.4 is 10.6 Å². The molecule has 1 saturated carbocycles. The summed E-state index contributed by atoms with van der Waals surface area (Å²) >= 11 is 0. The maximum atomic E-state index is 14.5. The molecule has 1 amide bonds. The summed E-state index contributed by atoms with van der Waals surface area (Å²) in [4.78, 5) is 18.3. The molecule has 1 atom stereocenters. The second kappa shape index (κ2) is 8.99. The number of aromatic nitrogens is 3. The summed E-state index contributed by atoms with van der Waals surface area (Å²) in [5.74, 6) is -3.84. The van der Waals surface area contributed by atoms with Crippen LogP contribution in [0.25, 0.3) is 16.8 Å². The number of carbonyl (C=O) groups is 1. The Kier molecular flexibility index (Phi) is 6.00. The number of hydrogen-bond donors (Lipinski definition) is 2. The predicted octanol–water partition coefficient (Wildman–Crippen LogP) is 4.03. The summed E-state index contributed by atoms with van der Waals surface area (Å²) in [7, 11) is 1.69. The van der Waals surface area contributed by atoms with Crippen LogP contribution in [0.5, 0.6) is 0 Å². The Morgan fingerprint density at radius 2 is 1.94 bits per heavy atom. The SMILES string of the molecule is Cc1cc(F)c(C(=O)NC2CC2)cc1-c1cnn(-c2cncc(NC3CCN(C)CC3(F)F)c2)c1. The minimum Gasteiger partial charge on any atom is -0.375 e. The van der Waals surface area contributed by atoms with Gasteiger partial charge < -0.3 is 15.5 Å². The molecule has 5 rings (SSSR count). The summed E-state index contributed by atoms with van der Waals surface area (Å²) in [5.41, 5.74) is 3.12. The van der Waals surface area contributed by atoms with E-state index in [0.717, 1.165) is 12.8 Å². The van der Waals surface area contributed by atoms with E-state index in [1.807, 2.05) is 0 Å². The van der Waals surface area contributed by atoms with E-state index >= 15 is 0 Å². The molecule has 10 heteroatoms. The fraction of sp³-hybridized carbons (Fsp3) is 0.400. The lowest BCUT2D eigenvalue weighted by molar-refractivity contribution is -0.0673. The Labute approximate surface area is 201 Å². The number of hydrogen-bond acceptors (Lipinski definition) is 5. The maximum absolute atomic E-state index is 14.5. The average Bonchev–Trinajstić information content (AvgIpc) is 3.47. The first-order valence-electron chi connectivity index (χ1n) is 11.6. The van der Waals surface area contributed by atoms with Crippen LogP contribution in [-0.4, -0.2) is 63.7 Å². The number of benzene rings is 1. The maximum Gasteiger partial charge on any atom is 0.280 e. The number of alkyl halides is 2. The van der Waals surface area contributed by atoms with Crippen molar-refractivity contribution in [3.8, 4) is 16.8 Å². The number of carbonyl (C=O) groups excluding carboxylic acids is 1. The van der Waals surface area contributed by atoms with Gasteiger partial charge in [-0.3, -0.25) is 9.78 Å². The van der Waals surface area contributed by atoms with Crippen LogP contribution in [0.1, 0.15) is 35.2 Å². The molecule has 1 aromatic carbocycles. The Bertz CT molecular complexity index is 1260. The van der Waals surface area contributed by atoms with Crippen molar-refractivity contribution in [2.24, 2.45) is 0 Å². The van der Waals surface area contributed by atoms with Crippen LogP contribution in [0, 0.1) is 12.7 Å². The van der Waals surface area contributed by atoms with E-state index in [0.29, 0.717) is 41.0 Å². The number of amides is 1. The van der Waals surface area contributed by atoms with Gasteiger partial charge in [0.2, 0.25) is 0 Å². The lowest BCUT2D eigenvalue weighted by Crippen LogP contribution is -2.53. The molecule has 7 nitrogen and oxygen atoms in total. The lowest BCUT2D eigenvalue weighted by Gasteiger charge is -2.37. The quantitative estimate of drug-likeness (QED) is 0.553. The lowest BCUT2D eigenvalue weighted by atomic mass is 9.99. The standard InChI is InChI=1S/C25H27F3N6O/c1-15-7-22(26)21(24(35)32-17-3-4-17)9-20(15)16-10-30-34(13-16)19-8-18(11-29-12-19)31-23-5-6-33(2)14-25(23,27)28/h7-13,17,23,31H,3-6,14H2,1-2H3,(H,32,35). The van der Waals surface area contributed by atoms with Gasteiger partial charge in [-0.15, -0.1) is 0 Å². The molecule has 3 heterocycles. The first kappa shape index (κ1) is 23.3. The zero-order chi connectivity index (χ0) is 24.7. The summed E-state index contributed by atoms with van der Waals surface area (Å²) in [6.45, 7) is 2.06. The first-order valence-corrected chi connectivity index (χ1v) is 11.6. The summed E-state index contributed by atoms with van der Waals surface area (Å²) in [5, 5.41) is 10.1. The van der Waals surface area contributed by atoms with Crippen molar-refractivity contribution in [2.75, 3.05) is 25.5 Å². The van der Waals surface area contributed by atoms with Gasteiger partial charge in [-0.05, 0) is 62.6 Å². The Balaban J connectivity index is 1.38. The van der Waals surface area contributed by atoms with Gasteiger partial charge in [0, 0.05) is 24.3 Å². The number of nitrogens with zero attached hydrogens (tertiary/aromatic N) is 4. The van der Waals surface area contributed by atoms with Gasteiger partial charge >= 0.3 is 0 Å². The molecule has 0 spiro atoms. The van der Waals surface area contributed by atoms with Crippen molar-refractivity contribution < 1.29 is 18.0 Å². The number of anilines is 1. The van der Waals surface area contributed by atoms with Gasteiger partial charge in [0.15, 0.2) is 0 Å².